The second-order valence-electron chi connectivity index (χ2n) is 5.00. The van der Waals surface area contributed by atoms with Crippen molar-refractivity contribution in [3.63, 3.8) is 0 Å². The van der Waals surface area contributed by atoms with E-state index in [9.17, 15) is 0 Å². The van der Waals surface area contributed by atoms with Crippen LogP contribution in [0.5, 0.6) is 5.75 Å². The minimum atomic E-state index is 0. The topological polar surface area (TPSA) is 59.6 Å². The first-order chi connectivity index (χ1) is 9.69. The second-order valence-corrected chi connectivity index (χ2v) is 5.00. The van der Waals surface area contributed by atoms with Crippen molar-refractivity contribution in [2.24, 2.45) is 16.6 Å². The Morgan fingerprint density at radius 3 is 2.48 bits per heavy atom. The maximum Gasteiger partial charge on any atom is 0.193 e. The molecule has 0 saturated heterocycles. The Bertz CT molecular complexity index is 406. The Kier molecular flexibility index (Phi) is 11.1. The zero-order valence-electron chi connectivity index (χ0n) is 13.3. The van der Waals surface area contributed by atoms with Crippen LogP contribution in [0.2, 0.25) is 0 Å². The fourth-order valence-electron chi connectivity index (χ4n) is 2.01. The molecular formula is C16H28IN3O. The van der Waals surface area contributed by atoms with Crippen LogP contribution in [0.4, 0.5) is 5.69 Å². The number of aliphatic imine (C=N–C) groups is 1. The van der Waals surface area contributed by atoms with E-state index in [1.807, 2.05) is 24.3 Å². The van der Waals surface area contributed by atoms with E-state index in [1.54, 1.807) is 7.11 Å². The van der Waals surface area contributed by atoms with E-state index in [-0.39, 0.29) is 24.0 Å². The van der Waals surface area contributed by atoms with Gasteiger partial charge in [-0.25, -0.2) is 0 Å². The lowest BCUT2D eigenvalue weighted by Gasteiger charge is -2.12. The molecule has 0 saturated carbocycles. The second kappa shape index (κ2) is 11.7. The quantitative estimate of drug-likeness (QED) is 0.386. The maximum absolute atomic E-state index is 5.92. The van der Waals surface area contributed by atoms with Crippen LogP contribution in [0.1, 0.15) is 39.5 Å². The third-order valence-corrected chi connectivity index (χ3v) is 3.43. The van der Waals surface area contributed by atoms with Gasteiger partial charge in [0, 0.05) is 12.2 Å². The van der Waals surface area contributed by atoms with Crippen LogP contribution in [-0.2, 0) is 0 Å². The summed E-state index contributed by atoms with van der Waals surface area (Å²) in [6, 6.07) is 7.64. The molecule has 0 radical (unpaired) electrons. The molecule has 120 valence electrons. The van der Waals surface area contributed by atoms with E-state index in [0.29, 0.717) is 11.9 Å². The van der Waals surface area contributed by atoms with E-state index in [2.05, 4.69) is 24.2 Å². The Morgan fingerprint density at radius 1 is 1.29 bits per heavy atom. The summed E-state index contributed by atoms with van der Waals surface area (Å²) in [6.45, 7) is 5.23. The molecule has 21 heavy (non-hydrogen) atoms. The lowest BCUT2D eigenvalue weighted by molar-refractivity contribution is 0.415. The van der Waals surface area contributed by atoms with Crippen molar-refractivity contribution in [1.82, 2.24) is 0 Å². The van der Waals surface area contributed by atoms with Crippen molar-refractivity contribution in [2.45, 2.75) is 39.5 Å². The molecule has 0 aliphatic heterocycles. The molecule has 1 aromatic rings. The number of methoxy groups -OCH3 is 1. The van der Waals surface area contributed by atoms with Gasteiger partial charge in [0.15, 0.2) is 5.96 Å². The minimum Gasteiger partial charge on any atom is -0.497 e. The standard InChI is InChI=1S/C16H27N3O.HI/c1-4-6-7-13(5-2)12-18-16(17)19-14-8-10-15(20-3)11-9-14;/h8-11,13H,4-7,12H2,1-3H3,(H3,17,18,19);1H. The summed E-state index contributed by atoms with van der Waals surface area (Å²) in [5.41, 5.74) is 6.84. The fourth-order valence-corrected chi connectivity index (χ4v) is 2.01. The van der Waals surface area contributed by atoms with Gasteiger partial charge in [-0.1, -0.05) is 33.1 Å². The van der Waals surface area contributed by atoms with Gasteiger partial charge in [-0.05, 0) is 36.6 Å². The molecule has 1 unspecified atom stereocenters. The number of hydrogen-bond acceptors (Lipinski definition) is 2. The molecule has 1 aromatic carbocycles. The third-order valence-electron chi connectivity index (χ3n) is 3.43. The highest BCUT2D eigenvalue weighted by Crippen LogP contribution is 2.15. The predicted octanol–water partition coefficient (Wildman–Crippen LogP) is 4.26. The number of nitrogens with one attached hydrogen (secondary N) is 1. The first kappa shape index (κ1) is 20.0. The number of hydrogen-bond donors (Lipinski definition) is 2. The molecule has 0 bridgehead atoms. The summed E-state index contributed by atoms with van der Waals surface area (Å²) >= 11 is 0. The molecule has 0 fully saturated rings. The van der Waals surface area contributed by atoms with Gasteiger partial charge in [0.05, 0.1) is 7.11 Å². The van der Waals surface area contributed by atoms with Gasteiger partial charge >= 0.3 is 0 Å². The highest BCUT2D eigenvalue weighted by molar-refractivity contribution is 14.0. The molecule has 5 heteroatoms. The fraction of sp³-hybridized carbons (Fsp3) is 0.562. The molecule has 3 N–H and O–H groups in total. The summed E-state index contributed by atoms with van der Waals surface area (Å²) in [4.78, 5) is 4.44. The Hall–Kier alpha value is -0.980. The summed E-state index contributed by atoms with van der Waals surface area (Å²) in [5.74, 6) is 1.94. The van der Waals surface area contributed by atoms with Crippen molar-refractivity contribution < 1.29 is 4.74 Å². The zero-order valence-corrected chi connectivity index (χ0v) is 15.6. The molecule has 0 aliphatic rings. The van der Waals surface area contributed by atoms with Gasteiger partial charge in [0.1, 0.15) is 5.75 Å². The molecule has 0 aromatic heterocycles. The molecule has 0 heterocycles. The van der Waals surface area contributed by atoms with Crippen LogP contribution in [0, 0.1) is 5.92 Å². The first-order valence-corrected chi connectivity index (χ1v) is 7.40. The number of unbranched alkanes of at least 4 members (excludes halogenated alkanes) is 1. The van der Waals surface area contributed by atoms with E-state index < -0.39 is 0 Å². The normalized spacial score (nSPS) is 12.4. The summed E-state index contributed by atoms with van der Waals surface area (Å²) < 4.78 is 5.12. The van der Waals surface area contributed by atoms with E-state index in [4.69, 9.17) is 10.5 Å². The molecule has 1 rings (SSSR count). The van der Waals surface area contributed by atoms with Gasteiger partial charge < -0.3 is 15.8 Å². The SMILES string of the molecule is CCCCC(CC)CN=C(N)Nc1ccc(OC)cc1.I. The Balaban J connectivity index is 0.00000400. The van der Waals surface area contributed by atoms with Gasteiger partial charge in [-0.15, -0.1) is 24.0 Å². The number of benzene rings is 1. The number of nitrogens with two attached hydrogens (primary N) is 1. The van der Waals surface area contributed by atoms with Crippen molar-refractivity contribution >= 4 is 35.6 Å². The van der Waals surface area contributed by atoms with Crippen LogP contribution >= 0.6 is 24.0 Å². The van der Waals surface area contributed by atoms with Crippen molar-refractivity contribution in [2.75, 3.05) is 19.0 Å². The number of nitrogens with zero attached hydrogens (tertiary/aromatic N) is 1. The largest absolute Gasteiger partial charge is 0.497 e. The van der Waals surface area contributed by atoms with Gasteiger partial charge in [-0.2, -0.15) is 0 Å². The average molecular weight is 405 g/mol. The number of anilines is 1. The third kappa shape index (κ3) is 8.14. The highest BCUT2D eigenvalue weighted by atomic mass is 127. The van der Waals surface area contributed by atoms with Crippen molar-refractivity contribution in [3.05, 3.63) is 24.3 Å². The number of rotatable bonds is 8. The summed E-state index contributed by atoms with van der Waals surface area (Å²) in [5, 5.41) is 3.10. The molecule has 1 atom stereocenters. The monoisotopic (exact) mass is 405 g/mol. The molecular weight excluding hydrogens is 377 g/mol. The van der Waals surface area contributed by atoms with Crippen LogP contribution in [0.15, 0.2) is 29.3 Å². The molecule has 0 aliphatic carbocycles. The van der Waals surface area contributed by atoms with E-state index in [1.165, 1.54) is 19.3 Å². The van der Waals surface area contributed by atoms with Gasteiger partial charge in [0.2, 0.25) is 0 Å². The Labute approximate surface area is 145 Å². The summed E-state index contributed by atoms with van der Waals surface area (Å²) in [6.07, 6.45) is 4.88. The molecule has 0 spiro atoms. The van der Waals surface area contributed by atoms with Gasteiger partial charge in [0.25, 0.3) is 0 Å². The van der Waals surface area contributed by atoms with Crippen molar-refractivity contribution in [1.29, 1.82) is 0 Å². The highest BCUT2D eigenvalue weighted by Gasteiger charge is 2.05. The molecule has 4 nitrogen and oxygen atoms in total. The lowest BCUT2D eigenvalue weighted by atomic mass is 10.00. The van der Waals surface area contributed by atoms with E-state index >= 15 is 0 Å². The number of ether oxygens (including phenoxy) is 1. The minimum absolute atomic E-state index is 0. The first-order valence-electron chi connectivity index (χ1n) is 7.40. The van der Waals surface area contributed by atoms with Crippen LogP contribution < -0.4 is 15.8 Å². The zero-order chi connectivity index (χ0) is 14.8. The smallest absolute Gasteiger partial charge is 0.193 e. The van der Waals surface area contributed by atoms with Crippen LogP contribution in [0.3, 0.4) is 0 Å². The predicted molar refractivity (Wildman–Crippen MR) is 102 cm³/mol. The van der Waals surface area contributed by atoms with Crippen molar-refractivity contribution in [3.8, 4) is 5.75 Å². The average Bonchev–Trinajstić information content (AvgIpc) is 2.48. The van der Waals surface area contributed by atoms with Crippen LogP contribution in [0.25, 0.3) is 0 Å². The number of guanidine groups is 1. The van der Waals surface area contributed by atoms with Gasteiger partial charge in [-0.3, -0.25) is 4.99 Å². The Morgan fingerprint density at radius 2 is 1.95 bits per heavy atom. The lowest BCUT2D eigenvalue weighted by Crippen LogP contribution is -2.23. The maximum atomic E-state index is 5.92. The van der Waals surface area contributed by atoms with E-state index in [0.717, 1.165) is 24.4 Å². The number of halogens is 1. The van der Waals surface area contributed by atoms with Crippen LogP contribution in [-0.4, -0.2) is 19.6 Å². The summed E-state index contributed by atoms with van der Waals surface area (Å²) in [7, 11) is 1.65. The molecule has 0 amide bonds.